The smallest absolute Gasteiger partial charge is 0.203 e. The Balaban J connectivity index is 2.21. The predicted octanol–water partition coefficient (Wildman–Crippen LogP) is 3.86. The van der Waals surface area contributed by atoms with E-state index < -0.39 is 0 Å². The van der Waals surface area contributed by atoms with Crippen molar-refractivity contribution in [3.63, 3.8) is 0 Å². The second kappa shape index (κ2) is 5.40. The first-order valence-electron chi connectivity index (χ1n) is 6.65. The molecule has 0 amide bonds. The Morgan fingerprint density at radius 2 is 1.57 bits per heavy atom. The normalized spacial score (nSPS) is 10.6. The van der Waals surface area contributed by atoms with Crippen molar-refractivity contribution in [2.45, 2.75) is 0 Å². The van der Waals surface area contributed by atoms with E-state index in [1.54, 1.807) is 21.3 Å². The van der Waals surface area contributed by atoms with E-state index in [1.807, 2.05) is 30.3 Å². The highest BCUT2D eigenvalue weighted by Gasteiger charge is 2.18. The van der Waals surface area contributed by atoms with Crippen molar-refractivity contribution in [2.75, 3.05) is 21.3 Å². The largest absolute Gasteiger partial charge is 0.493 e. The Morgan fingerprint density at radius 3 is 2.24 bits per heavy atom. The number of para-hydroxylation sites is 1. The zero-order chi connectivity index (χ0) is 14.8. The molecule has 1 N–H and O–H groups in total. The van der Waals surface area contributed by atoms with Gasteiger partial charge in [0.25, 0.3) is 0 Å². The van der Waals surface area contributed by atoms with Gasteiger partial charge in [-0.25, -0.2) is 0 Å². The van der Waals surface area contributed by atoms with Crippen LogP contribution in [-0.4, -0.2) is 26.3 Å². The highest BCUT2D eigenvalue weighted by Crippen LogP contribution is 2.44. The van der Waals surface area contributed by atoms with Gasteiger partial charge in [0.1, 0.15) is 0 Å². The molecule has 0 saturated carbocycles. The average Bonchev–Trinajstić information content (AvgIpc) is 2.96. The molecule has 0 spiro atoms. The standard InChI is InChI=1S/C17H17NO3/c1-19-15-9-8-12(16(20-2)17(15)21-3)14-10-11-6-4-5-7-13(11)18-14/h4-10,18H,1-3H3. The summed E-state index contributed by atoms with van der Waals surface area (Å²) in [6.45, 7) is 0. The van der Waals surface area contributed by atoms with Crippen molar-refractivity contribution < 1.29 is 14.2 Å². The van der Waals surface area contributed by atoms with Crippen LogP contribution in [0.2, 0.25) is 0 Å². The lowest BCUT2D eigenvalue weighted by molar-refractivity contribution is 0.325. The lowest BCUT2D eigenvalue weighted by atomic mass is 10.1. The van der Waals surface area contributed by atoms with Crippen LogP contribution in [0.25, 0.3) is 22.2 Å². The van der Waals surface area contributed by atoms with Crippen molar-refractivity contribution >= 4 is 10.9 Å². The fourth-order valence-electron chi connectivity index (χ4n) is 2.53. The molecule has 3 aromatic rings. The summed E-state index contributed by atoms with van der Waals surface area (Å²) in [5.74, 6) is 1.90. The van der Waals surface area contributed by atoms with Gasteiger partial charge in [-0.05, 0) is 24.3 Å². The minimum atomic E-state index is 0.594. The molecule has 3 rings (SSSR count). The predicted molar refractivity (Wildman–Crippen MR) is 83.4 cm³/mol. The summed E-state index contributed by atoms with van der Waals surface area (Å²) >= 11 is 0. The Kier molecular flexibility index (Phi) is 3.44. The summed E-state index contributed by atoms with van der Waals surface area (Å²) in [5, 5.41) is 1.16. The third-order valence-corrected chi connectivity index (χ3v) is 3.52. The number of hydrogen-bond donors (Lipinski definition) is 1. The van der Waals surface area contributed by atoms with Crippen molar-refractivity contribution in [1.82, 2.24) is 4.98 Å². The van der Waals surface area contributed by atoms with E-state index >= 15 is 0 Å². The molecule has 108 valence electrons. The number of hydrogen-bond acceptors (Lipinski definition) is 3. The highest BCUT2D eigenvalue weighted by atomic mass is 16.5. The molecule has 1 aromatic heterocycles. The summed E-state index contributed by atoms with van der Waals surface area (Å²) in [5.41, 5.74) is 3.00. The van der Waals surface area contributed by atoms with Gasteiger partial charge < -0.3 is 19.2 Å². The van der Waals surface area contributed by atoms with Crippen LogP contribution >= 0.6 is 0 Å². The summed E-state index contributed by atoms with van der Waals surface area (Å²) in [7, 11) is 4.85. The van der Waals surface area contributed by atoms with E-state index in [-0.39, 0.29) is 0 Å². The van der Waals surface area contributed by atoms with Crippen LogP contribution in [0.3, 0.4) is 0 Å². The molecule has 0 saturated heterocycles. The van der Waals surface area contributed by atoms with Crippen LogP contribution < -0.4 is 14.2 Å². The second-order valence-corrected chi connectivity index (χ2v) is 4.65. The maximum Gasteiger partial charge on any atom is 0.203 e. The van der Waals surface area contributed by atoms with E-state index in [2.05, 4.69) is 17.1 Å². The number of nitrogens with one attached hydrogen (secondary N) is 1. The van der Waals surface area contributed by atoms with Gasteiger partial charge in [-0.1, -0.05) is 18.2 Å². The SMILES string of the molecule is COc1ccc(-c2cc3ccccc3[nH]2)c(OC)c1OC. The van der Waals surface area contributed by atoms with Crippen LogP contribution in [0, 0.1) is 0 Å². The number of aromatic nitrogens is 1. The van der Waals surface area contributed by atoms with Gasteiger partial charge in [-0.15, -0.1) is 0 Å². The number of methoxy groups -OCH3 is 3. The van der Waals surface area contributed by atoms with E-state index in [4.69, 9.17) is 14.2 Å². The molecule has 0 radical (unpaired) electrons. The molecular formula is C17H17NO3. The fourth-order valence-corrected chi connectivity index (χ4v) is 2.53. The van der Waals surface area contributed by atoms with E-state index in [9.17, 15) is 0 Å². The number of fused-ring (bicyclic) bond motifs is 1. The first kappa shape index (κ1) is 13.4. The number of aromatic amines is 1. The van der Waals surface area contributed by atoms with Crippen LogP contribution in [0.15, 0.2) is 42.5 Å². The van der Waals surface area contributed by atoms with Crippen LogP contribution in [0.1, 0.15) is 0 Å². The van der Waals surface area contributed by atoms with Gasteiger partial charge in [-0.3, -0.25) is 0 Å². The lowest BCUT2D eigenvalue weighted by Gasteiger charge is -2.15. The number of rotatable bonds is 4. The summed E-state index contributed by atoms with van der Waals surface area (Å²) in [6, 6.07) is 14.1. The quantitative estimate of drug-likeness (QED) is 0.790. The van der Waals surface area contributed by atoms with Crippen LogP contribution in [0.5, 0.6) is 17.2 Å². The number of benzene rings is 2. The number of ether oxygens (including phenoxy) is 3. The molecule has 4 heteroatoms. The number of H-pyrrole nitrogens is 1. The molecule has 0 aliphatic carbocycles. The average molecular weight is 283 g/mol. The maximum absolute atomic E-state index is 5.54. The Bertz CT molecular complexity index is 744. The third-order valence-electron chi connectivity index (χ3n) is 3.52. The van der Waals surface area contributed by atoms with Crippen molar-refractivity contribution in [3.05, 3.63) is 42.5 Å². The topological polar surface area (TPSA) is 43.5 Å². The molecule has 0 unspecified atom stereocenters. The highest BCUT2D eigenvalue weighted by molar-refractivity contribution is 5.88. The molecule has 2 aromatic carbocycles. The van der Waals surface area contributed by atoms with Crippen molar-refractivity contribution in [1.29, 1.82) is 0 Å². The molecular weight excluding hydrogens is 266 g/mol. The van der Waals surface area contributed by atoms with Gasteiger partial charge in [0, 0.05) is 16.5 Å². The van der Waals surface area contributed by atoms with Gasteiger partial charge >= 0.3 is 0 Å². The second-order valence-electron chi connectivity index (χ2n) is 4.65. The van der Waals surface area contributed by atoms with E-state index in [0.717, 1.165) is 22.2 Å². The van der Waals surface area contributed by atoms with Gasteiger partial charge in [0.05, 0.1) is 27.0 Å². The van der Waals surface area contributed by atoms with E-state index in [1.165, 1.54) is 0 Å². The molecule has 0 aliphatic rings. The first-order chi connectivity index (χ1) is 10.3. The Labute approximate surface area is 123 Å². The monoisotopic (exact) mass is 283 g/mol. The molecule has 0 atom stereocenters. The van der Waals surface area contributed by atoms with Crippen LogP contribution in [-0.2, 0) is 0 Å². The summed E-state index contributed by atoms with van der Waals surface area (Å²) < 4.78 is 16.3. The van der Waals surface area contributed by atoms with Gasteiger partial charge in [0.15, 0.2) is 11.5 Å². The summed E-state index contributed by atoms with van der Waals surface area (Å²) in [6.07, 6.45) is 0. The molecule has 0 fully saturated rings. The fraction of sp³-hybridized carbons (Fsp3) is 0.176. The molecule has 0 aliphatic heterocycles. The summed E-state index contributed by atoms with van der Waals surface area (Å²) in [4.78, 5) is 3.40. The van der Waals surface area contributed by atoms with Crippen molar-refractivity contribution in [3.8, 4) is 28.5 Å². The molecule has 1 heterocycles. The molecule has 21 heavy (non-hydrogen) atoms. The third kappa shape index (κ3) is 2.18. The zero-order valence-electron chi connectivity index (χ0n) is 12.3. The van der Waals surface area contributed by atoms with Crippen molar-refractivity contribution in [2.24, 2.45) is 0 Å². The van der Waals surface area contributed by atoms with E-state index in [0.29, 0.717) is 17.2 Å². The lowest BCUT2D eigenvalue weighted by Crippen LogP contribution is -1.96. The molecule has 4 nitrogen and oxygen atoms in total. The molecule has 0 bridgehead atoms. The Hall–Kier alpha value is -2.62. The first-order valence-corrected chi connectivity index (χ1v) is 6.65. The Morgan fingerprint density at radius 1 is 0.810 bits per heavy atom. The maximum atomic E-state index is 5.54. The minimum Gasteiger partial charge on any atom is -0.493 e. The van der Waals surface area contributed by atoms with Crippen LogP contribution in [0.4, 0.5) is 0 Å². The van der Waals surface area contributed by atoms with Gasteiger partial charge in [0.2, 0.25) is 5.75 Å². The van der Waals surface area contributed by atoms with Gasteiger partial charge in [-0.2, -0.15) is 0 Å². The minimum absolute atomic E-state index is 0.594. The zero-order valence-corrected chi connectivity index (χ0v) is 12.3.